The second-order valence-corrected chi connectivity index (χ2v) is 6.19. The number of halogens is 3. The van der Waals surface area contributed by atoms with Crippen molar-refractivity contribution in [3.05, 3.63) is 38.9 Å². The standard InChI is InChI=1S/C16H24ClN3O2.2ClH/c1-2-3-4-5-15(19-10-8-18-9-11-19)14-12-13(17)6-7-16(14)20(21)22;;/h6-7,12,15,18H,2-5,8-11H2,1H3;2*1H/t15-;;/m1../s1. The molecule has 24 heavy (non-hydrogen) atoms. The largest absolute Gasteiger partial charge is 0.314 e. The lowest BCUT2D eigenvalue weighted by molar-refractivity contribution is -0.386. The number of hydrogen-bond donors (Lipinski definition) is 1. The Morgan fingerprint density at radius 3 is 2.54 bits per heavy atom. The fourth-order valence-corrected chi connectivity index (χ4v) is 3.26. The molecule has 0 amide bonds. The first-order valence-electron chi connectivity index (χ1n) is 8.02. The van der Waals surface area contributed by atoms with Crippen LogP contribution in [-0.4, -0.2) is 36.0 Å². The minimum absolute atomic E-state index is 0. The first-order chi connectivity index (χ1) is 10.6. The van der Waals surface area contributed by atoms with E-state index in [1.807, 2.05) is 0 Å². The number of benzene rings is 1. The second-order valence-electron chi connectivity index (χ2n) is 5.76. The minimum atomic E-state index is -0.291. The highest BCUT2D eigenvalue weighted by atomic mass is 35.5. The summed E-state index contributed by atoms with van der Waals surface area (Å²) >= 11 is 6.11. The molecule has 5 nitrogen and oxygen atoms in total. The van der Waals surface area contributed by atoms with Gasteiger partial charge in [0, 0.05) is 48.9 Å². The average Bonchev–Trinajstić information content (AvgIpc) is 2.52. The molecule has 1 heterocycles. The monoisotopic (exact) mass is 397 g/mol. The molecule has 1 aliphatic heterocycles. The Labute approximate surface area is 161 Å². The van der Waals surface area contributed by atoms with Crippen molar-refractivity contribution in [2.75, 3.05) is 26.2 Å². The van der Waals surface area contributed by atoms with Gasteiger partial charge in [-0.15, -0.1) is 24.8 Å². The summed E-state index contributed by atoms with van der Waals surface area (Å²) in [6, 6.07) is 4.99. The van der Waals surface area contributed by atoms with Crippen LogP contribution in [-0.2, 0) is 0 Å². The predicted octanol–water partition coefficient (Wildman–Crippen LogP) is 4.62. The summed E-state index contributed by atoms with van der Waals surface area (Å²) in [5.41, 5.74) is 0.944. The second kappa shape index (κ2) is 11.9. The zero-order chi connectivity index (χ0) is 15.9. The van der Waals surface area contributed by atoms with E-state index in [2.05, 4.69) is 17.1 Å². The summed E-state index contributed by atoms with van der Waals surface area (Å²) in [7, 11) is 0. The fourth-order valence-electron chi connectivity index (χ4n) is 3.07. The summed E-state index contributed by atoms with van der Waals surface area (Å²) in [4.78, 5) is 13.4. The number of nitrogens with zero attached hydrogens (tertiary/aromatic N) is 2. The first kappa shape index (κ1) is 23.4. The Hall–Kier alpha value is -0.590. The average molecular weight is 399 g/mol. The summed E-state index contributed by atoms with van der Waals surface area (Å²) in [5, 5.41) is 15.3. The molecule has 1 fully saturated rings. The zero-order valence-corrected chi connectivity index (χ0v) is 16.3. The van der Waals surface area contributed by atoms with Crippen molar-refractivity contribution in [2.24, 2.45) is 0 Å². The van der Waals surface area contributed by atoms with Crippen molar-refractivity contribution >= 4 is 42.1 Å². The normalized spacial score (nSPS) is 15.9. The number of hydrogen-bond acceptors (Lipinski definition) is 4. The SMILES string of the molecule is CCCCC[C@H](c1cc(Cl)ccc1[N+](=O)[O-])N1CCNCC1.Cl.Cl. The maximum Gasteiger partial charge on any atom is 0.274 e. The highest BCUT2D eigenvalue weighted by molar-refractivity contribution is 6.30. The van der Waals surface area contributed by atoms with Gasteiger partial charge in [-0.1, -0.05) is 37.8 Å². The van der Waals surface area contributed by atoms with Crippen LogP contribution in [0, 0.1) is 10.1 Å². The molecule has 0 saturated carbocycles. The summed E-state index contributed by atoms with van der Waals surface area (Å²) in [5.74, 6) is 0. The molecule has 1 aromatic rings. The quantitative estimate of drug-likeness (QED) is 0.413. The Kier molecular flexibility index (Phi) is 11.6. The third-order valence-electron chi connectivity index (χ3n) is 4.22. The van der Waals surface area contributed by atoms with Crippen molar-refractivity contribution in [2.45, 2.75) is 38.6 Å². The Morgan fingerprint density at radius 2 is 1.96 bits per heavy atom. The first-order valence-corrected chi connectivity index (χ1v) is 8.40. The molecule has 1 aliphatic rings. The molecule has 8 heteroatoms. The van der Waals surface area contributed by atoms with E-state index in [9.17, 15) is 10.1 Å². The number of unbranched alkanes of at least 4 members (excludes halogenated alkanes) is 2. The molecule has 2 rings (SSSR count). The molecule has 0 aromatic heterocycles. The number of nitro benzene ring substituents is 1. The molecule has 0 aliphatic carbocycles. The van der Waals surface area contributed by atoms with Crippen LogP contribution in [0.3, 0.4) is 0 Å². The van der Waals surface area contributed by atoms with Crippen molar-refractivity contribution in [3.63, 3.8) is 0 Å². The van der Waals surface area contributed by atoms with Crippen molar-refractivity contribution in [3.8, 4) is 0 Å². The molecule has 1 atom stereocenters. The van der Waals surface area contributed by atoms with Crippen LogP contribution in [0.5, 0.6) is 0 Å². The van der Waals surface area contributed by atoms with Gasteiger partial charge < -0.3 is 5.32 Å². The number of nitrogens with one attached hydrogen (secondary N) is 1. The van der Waals surface area contributed by atoms with E-state index in [-0.39, 0.29) is 41.5 Å². The highest BCUT2D eigenvalue weighted by Gasteiger charge is 2.28. The van der Waals surface area contributed by atoms with Crippen LogP contribution < -0.4 is 5.32 Å². The molecule has 0 spiro atoms. The lowest BCUT2D eigenvalue weighted by Gasteiger charge is -2.35. The van der Waals surface area contributed by atoms with Gasteiger partial charge in [0.25, 0.3) is 5.69 Å². The molecule has 138 valence electrons. The fraction of sp³-hybridized carbons (Fsp3) is 0.625. The topological polar surface area (TPSA) is 58.4 Å². The summed E-state index contributed by atoms with van der Waals surface area (Å²) in [6.07, 6.45) is 4.31. The predicted molar refractivity (Wildman–Crippen MR) is 104 cm³/mol. The van der Waals surface area contributed by atoms with Gasteiger partial charge in [-0.3, -0.25) is 15.0 Å². The number of nitro groups is 1. The maximum atomic E-state index is 11.4. The van der Waals surface area contributed by atoms with Crippen LogP contribution in [0.15, 0.2) is 18.2 Å². The van der Waals surface area contributed by atoms with Crippen molar-refractivity contribution in [1.82, 2.24) is 10.2 Å². The van der Waals surface area contributed by atoms with Gasteiger partial charge >= 0.3 is 0 Å². The van der Waals surface area contributed by atoms with E-state index in [4.69, 9.17) is 11.6 Å². The molecular weight excluding hydrogens is 373 g/mol. The Balaban J connectivity index is 0.00000264. The van der Waals surface area contributed by atoms with Crippen LogP contribution in [0.4, 0.5) is 5.69 Å². The summed E-state index contributed by atoms with van der Waals surface area (Å²) in [6.45, 7) is 5.86. The minimum Gasteiger partial charge on any atom is -0.314 e. The van der Waals surface area contributed by atoms with Crippen molar-refractivity contribution in [1.29, 1.82) is 0 Å². The van der Waals surface area contributed by atoms with E-state index >= 15 is 0 Å². The van der Waals surface area contributed by atoms with Gasteiger partial charge in [0.15, 0.2) is 0 Å². The molecule has 0 radical (unpaired) electrons. The van der Waals surface area contributed by atoms with Gasteiger partial charge in [-0.05, 0) is 18.6 Å². The van der Waals surface area contributed by atoms with E-state index < -0.39 is 0 Å². The van der Waals surface area contributed by atoms with Crippen LogP contribution >= 0.6 is 36.4 Å². The van der Waals surface area contributed by atoms with Gasteiger partial charge in [0.1, 0.15) is 0 Å². The molecule has 1 N–H and O–H groups in total. The van der Waals surface area contributed by atoms with E-state index in [1.54, 1.807) is 12.1 Å². The Bertz CT molecular complexity index is 511. The molecule has 1 aromatic carbocycles. The molecule has 0 unspecified atom stereocenters. The third-order valence-corrected chi connectivity index (χ3v) is 4.45. The Morgan fingerprint density at radius 1 is 1.29 bits per heavy atom. The number of piperazine rings is 1. The van der Waals surface area contributed by atoms with Crippen LogP contribution in [0.2, 0.25) is 5.02 Å². The van der Waals surface area contributed by atoms with E-state index in [1.165, 1.54) is 6.07 Å². The molecule has 0 bridgehead atoms. The summed E-state index contributed by atoms with van der Waals surface area (Å²) < 4.78 is 0. The van der Waals surface area contributed by atoms with Gasteiger partial charge in [-0.2, -0.15) is 0 Å². The molecular formula is C16H26Cl3N3O2. The number of rotatable bonds is 7. The van der Waals surface area contributed by atoms with Gasteiger partial charge in [-0.25, -0.2) is 0 Å². The van der Waals surface area contributed by atoms with Crippen LogP contribution in [0.1, 0.15) is 44.2 Å². The zero-order valence-electron chi connectivity index (χ0n) is 13.9. The van der Waals surface area contributed by atoms with Gasteiger partial charge in [0.05, 0.1) is 4.92 Å². The maximum absolute atomic E-state index is 11.4. The third kappa shape index (κ3) is 6.37. The molecule has 1 saturated heterocycles. The van der Waals surface area contributed by atoms with Crippen LogP contribution in [0.25, 0.3) is 0 Å². The van der Waals surface area contributed by atoms with Crippen molar-refractivity contribution < 1.29 is 4.92 Å². The van der Waals surface area contributed by atoms with E-state index in [0.717, 1.165) is 57.4 Å². The van der Waals surface area contributed by atoms with E-state index in [0.29, 0.717) is 5.02 Å². The lowest BCUT2D eigenvalue weighted by Crippen LogP contribution is -2.45. The van der Waals surface area contributed by atoms with Gasteiger partial charge in [0.2, 0.25) is 0 Å². The smallest absolute Gasteiger partial charge is 0.274 e. The lowest BCUT2D eigenvalue weighted by atomic mass is 9.96. The highest BCUT2D eigenvalue weighted by Crippen LogP contribution is 2.35.